The minimum Gasteiger partial charge on any atom is -0.487 e. The number of benzene rings is 2. The maximum Gasteiger partial charge on any atom is 0.165 e. The number of ether oxygens (including phenoxy) is 1. The number of hydrogen-bond donors (Lipinski definition) is 1. The Labute approximate surface area is 116 Å². The quantitative estimate of drug-likeness (QED) is 0.924. The topological polar surface area (TPSA) is 29.5 Å². The van der Waals surface area contributed by atoms with E-state index in [0.717, 1.165) is 29.3 Å². The molecule has 1 atom stereocenters. The van der Waals surface area contributed by atoms with Crippen LogP contribution in [0.25, 0.3) is 0 Å². The molecule has 1 N–H and O–H groups in total. The van der Waals surface area contributed by atoms with Crippen molar-refractivity contribution in [3.05, 3.63) is 64.7 Å². The highest BCUT2D eigenvalue weighted by molar-refractivity contribution is 5.30. The minimum atomic E-state index is -0.892. The molecule has 106 valence electrons. The normalized spacial score (nSPS) is 12.2. The van der Waals surface area contributed by atoms with Crippen molar-refractivity contribution in [2.75, 3.05) is 6.61 Å². The van der Waals surface area contributed by atoms with Gasteiger partial charge in [0.25, 0.3) is 0 Å². The SMILES string of the molecule is Cc1cc(C)cc(C(O)COc2cc(F)ccc2F)c1. The summed E-state index contributed by atoms with van der Waals surface area (Å²) in [6, 6.07) is 8.63. The molecule has 0 bridgehead atoms. The molecule has 4 heteroatoms. The van der Waals surface area contributed by atoms with E-state index in [9.17, 15) is 13.9 Å². The summed E-state index contributed by atoms with van der Waals surface area (Å²) in [5.74, 6) is -1.44. The molecule has 0 heterocycles. The Kier molecular flexibility index (Phi) is 4.35. The van der Waals surface area contributed by atoms with Gasteiger partial charge in [-0.2, -0.15) is 0 Å². The monoisotopic (exact) mass is 278 g/mol. The maximum absolute atomic E-state index is 13.4. The van der Waals surface area contributed by atoms with Crippen LogP contribution in [0.2, 0.25) is 0 Å². The third kappa shape index (κ3) is 3.54. The number of aryl methyl sites for hydroxylation is 2. The first kappa shape index (κ1) is 14.5. The van der Waals surface area contributed by atoms with Gasteiger partial charge in [-0.25, -0.2) is 8.78 Å². The summed E-state index contributed by atoms with van der Waals surface area (Å²) in [6.45, 7) is 3.72. The highest BCUT2D eigenvalue weighted by Gasteiger charge is 2.12. The predicted molar refractivity (Wildman–Crippen MR) is 72.7 cm³/mol. The van der Waals surface area contributed by atoms with Crippen molar-refractivity contribution in [1.29, 1.82) is 0 Å². The maximum atomic E-state index is 13.4. The molecule has 0 aliphatic rings. The lowest BCUT2D eigenvalue weighted by atomic mass is 10.0. The third-order valence-electron chi connectivity index (χ3n) is 2.92. The van der Waals surface area contributed by atoms with Crippen LogP contribution < -0.4 is 4.74 Å². The lowest BCUT2D eigenvalue weighted by molar-refractivity contribution is 0.105. The van der Waals surface area contributed by atoms with Gasteiger partial charge in [-0.1, -0.05) is 29.3 Å². The highest BCUT2D eigenvalue weighted by Crippen LogP contribution is 2.21. The van der Waals surface area contributed by atoms with Crippen LogP contribution >= 0.6 is 0 Å². The molecule has 0 saturated carbocycles. The highest BCUT2D eigenvalue weighted by atomic mass is 19.1. The smallest absolute Gasteiger partial charge is 0.165 e. The van der Waals surface area contributed by atoms with Gasteiger partial charge in [-0.05, 0) is 31.5 Å². The molecule has 0 saturated heterocycles. The first-order valence-corrected chi connectivity index (χ1v) is 6.30. The van der Waals surface area contributed by atoms with Crippen molar-refractivity contribution >= 4 is 0 Å². The summed E-state index contributed by atoms with van der Waals surface area (Å²) >= 11 is 0. The number of hydrogen-bond acceptors (Lipinski definition) is 2. The first-order chi connectivity index (χ1) is 9.45. The second-order valence-corrected chi connectivity index (χ2v) is 4.82. The molecule has 0 fully saturated rings. The first-order valence-electron chi connectivity index (χ1n) is 6.30. The Hall–Kier alpha value is -1.94. The number of aliphatic hydroxyl groups is 1. The average molecular weight is 278 g/mol. The van der Waals surface area contributed by atoms with Gasteiger partial charge in [-0.3, -0.25) is 0 Å². The molecule has 0 aromatic heterocycles. The van der Waals surface area contributed by atoms with Crippen LogP contribution in [0.5, 0.6) is 5.75 Å². The lowest BCUT2D eigenvalue weighted by Gasteiger charge is -2.14. The van der Waals surface area contributed by atoms with Gasteiger partial charge in [0.05, 0.1) is 0 Å². The Morgan fingerprint density at radius 2 is 1.70 bits per heavy atom. The summed E-state index contributed by atoms with van der Waals surface area (Å²) in [5, 5.41) is 10.0. The van der Waals surface area contributed by atoms with Crippen LogP contribution in [0.15, 0.2) is 36.4 Å². The number of halogens is 2. The van der Waals surface area contributed by atoms with Crippen molar-refractivity contribution < 1.29 is 18.6 Å². The van der Waals surface area contributed by atoms with Gasteiger partial charge in [0.15, 0.2) is 11.6 Å². The Bertz CT molecular complexity index is 591. The molecule has 0 aliphatic heterocycles. The lowest BCUT2D eigenvalue weighted by Crippen LogP contribution is -2.11. The molecule has 2 aromatic carbocycles. The molecule has 0 amide bonds. The Morgan fingerprint density at radius 3 is 2.35 bits per heavy atom. The van der Waals surface area contributed by atoms with Crippen LogP contribution in [-0.4, -0.2) is 11.7 Å². The summed E-state index contributed by atoms with van der Waals surface area (Å²) in [4.78, 5) is 0. The average Bonchev–Trinajstić information content (AvgIpc) is 2.38. The van der Waals surface area contributed by atoms with E-state index in [1.807, 2.05) is 32.0 Å². The molecule has 2 aromatic rings. The van der Waals surface area contributed by atoms with Crippen molar-refractivity contribution in [2.45, 2.75) is 20.0 Å². The van der Waals surface area contributed by atoms with E-state index in [4.69, 9.17) is 4.74 Å². The van der Waals surface area contributed by atoms with Crippen molar-refractivity contribution in [2.24, 2.45) is 0 Å². The van der Waals surface area contributed by atoms with Gasteiger partial charge in [-0.15, -0.1) is 0 Å². The third-order valence-corrected chi connectivity index (χ3v) is 2.92. The molecule has 0 radical (unpaired) electrons. The van der Waals surface area contributed by atoms with Crippen LogP contribution in [0, 0.1) is 25.5 Å². The minimum absolute atomic E-state index is 0.136. The van der Waals surface area contributed by atoms with E-state index in [2.05, 4.69) is 0 Å². The van der Waals surface area contributed by atoms with Crippen LogP contribution in [-0.2, 0) is 0 Å². The fraction of sp³-hybridized carbons (Fsp3) is 0.250. The zero-order chi connectivity index (χ0) is 14.7. The summed E-state index contributed by atoms with van der Waals surface area (Å²) in [5.41, 5.74) is 2.74. The zero-order valence-corrected chi connectivity index (χ0v) is 11.4. The molecule has 20 heavy (non-hydrogen) atoms. The molecular formula is C16H16F2O2. The molecule has 0 spiro atoms. The predicted octanol–water partition coefficient (Wildman–Crippen LogP) is 3.69. The number of rotatable bonds is 4. The molecule has 0 aliphatic carbocycles. The van der Waals surface area contributed by atoms with Gasteiger partial charge in [0, 0.05) is 6.07 Å². The Morgan fingerprint density at radius 1 is 1.05 bits per heavy atom. The zero-order valence-electron chi connectivity index (χ0n) is 11.4. The molecule has 2 rings (SSSR count). The fourth-order valence-corrected chi connectivity index (χ4v) is 2.06. The molecule has 2 nitrogen and oxygen atoms in total. The van der Waals surface area contributed by atoms with Crippen molar-refractivity contribution in [3.8, 4) is 5.75 Å². The van der Waals surface area contributed by atoms with Crippen molar-refractivity contribution in [1.82, 2.24) is 0 Å². The second-order valence-electron chi connectivity index (χ2n) is 4.82. The Balaban J connectivity index is 2.08. The molecular weight excluding hydrogens is 262 g/mol. The van der Waals surface area contributed by atoms with Gasteiger partial charge < -0.3 is 9.84 Å². The van der Waals surface area contributed by atoms with E-state index >= 15 is 0 Å². The number of aliphatic hydroxyl groups excluding tert-OH is 1. The summed E-state index contributed by atoms with van der Waals surface area (Å²) in [6.07, 6.45) is -0.892. The second kappa shape index (κ2) is 6.01. The van der Waals surface area contributed by atoms with E-state index in [1.165, 1.54) is 0 Å². The van der Waals surface area contributed by atoms with Crippen LogP contribution in [0.4, 0.5) is 8.78 Å². The van der Waals surface area contributed by atoms with Crippen LogP contribution in [0.1, 0.15) is 22.8 Å². The van der Waals surface area contributed by atoms with E-state index in [-0.39, 0.29) is 12.4 Å². The van der Waals surface area contributed by atoms with Gasteiger partial charge in [0.1, 0.15) is 18.5 Å². The van der Waals surface area contributed by atoms with E-state index < -0.39 is 17.7 Å². The fourth-order valence-electron chi connectivity index (χ4n) is 2.06. The van der Waals surface area contributed by atoms with E-state index in [1.54, 1.807) is 0 Å². The summed E-state index contributed by atoms with van der Waals surface area (Å²) in [7, 11) is 0. The van der Waals surface area contributed by atoms with Gasteiger partial charge >= 0.3 is 0 Å². The molecule has 1 unspecified atom stereocenters. The summed E-state index contributed by atoms with van der Waals surface area (Å²) < 4.78 is 31.5. The van der Waals surface area contributed by atoms with Gasteiger partial charge in [0.2, 0.25) is 0 Å². The van der Waals surface area contributed by atoms with E-state index in [0.29, 0.717) is 5.56 Å². The standard InChI is InChI=1S/C16H16F2O2/c1-10-5-11(2)7-12(6-10)15(19)9-20-16-8-13(17)3-4-14(16)18/h3-8,15,19H,9H2,1-2H3. The van der Waals surface area contributed by atoms with Crippen molar-refractivity contribution in [3.63, 3.8) is 0 Å². The largest absolute Gasteiger partial charge is 0.487 e. The van der Waals surface area contributed by atoms with Crippen LogP contribution in [0.3, 0.4) is 0 Å².